The average Bonchev–Trinajstić information content (AvgIpc) is 2.59. The highest BCUT2D eigenvalue weighted by Crippen LogP contribution is 2.32. The molecule has 0 bridgehead atoms. The Morgan fingerprint density at radius 2 is 2.00 bits per heavy atom. The van der Waals surface area contributed by atoms with E-state index in [2.05, 4.69) is 27.0 Å². The van der Waals surface area contributed by atoms with Crippen LogP contribution in [0.15, 0.2) is 30.6 Å². The summed E-state index contributed by atoms with van der Waals surface area (Å²) in [5.41, 5.74) is 7.04. The van der Waals surface area contributed by atoms with Crippen molar-refractivity contribution in [3.8, 4) is 5.75 Å². The van der Waals surface area contributed by atoms with Gasteiger partial charge in [0.1, 0.15) is 22.9 Å². The first-order chi connectivity index (χ1) is 11.2. The van der Waals surface area contributed by atoms with Crippen LogP contribution in [0.25, 0.3) is 0 Å². The SMILES string of the molecule is COc1ccccc1CC1CCN(c2ncnc(N)c2Cl)CC1. The van der Waals surface area contributed by atoms with E-state index in [-0.39, 0.29) is 0 Å². The highest BCUT2D eigenvalue weighted by molar-refractivity contribution is 6.35. The third-order valence-electron chi connectivity index (χ3n) is 4.41. The third-order valence-corrected chi connectivity index (χ3v) is 4.78. The van der Waals surface area contributed by atoms with Crippen LogP contribution >= 0.6 is 11.6 Å². The molecule has 5 nitrogen and oxygen atoms in total. The summed E-state index contributed by atoms with van der Waals surface area (Å²) in [6, 6.07) is 8.24. The van der Waals surface area contributed by atoms with E-state index in [9.17, 15) is 0 Å². The van der Waals surface area contributed by atoms with Gasteiger partial charge in [0.05, 0.1) is 7.11 Å². The molecule has 0 saturated carbocycles. The first-order valence-corrected chi connectivity index (χ1v) is 8.19. The molecule has 23 heavy (non-hydrogen) atoms. The first-order valence-electron chi connectivity index (χ1n) is 7.82. The average molecular weight is 333 g/mol. The fourth-order valence-corrected chi connectivity index (χ4v) is 3.34. The minimum absolute atomic E-state index is 0.341. The summed E-state index contributed by atoms with van der Waals surface area (Å²) in [7, 11) is 1.73. The van der Waals surface area contributed by atoms with Gasteiger partial charge in [0.25, 0.3) is 0 Å². The lowest BCUT2D eigenvalue weighted by atomic mass is 9.90. The maximum absolute atomic E-state index is 6.22. The van der Waals surface area contributed by atoms with E-state index in [1.54, 1.807) is 7.11 Å². The van der Waals surface area contributed by atoms with Crippen molar-refractivity contribution in [2.75, 3.05) is 30.8 Å². The second-order valence-corrected chi connectivity index (χ2v) is 6.22. The van der Waals surface area contributed by atoms with Gasteiger partial charge in [-0.15, -0.1) is 0 Å². The zero-order valence-electron chi connectivity index (χ0n) is 13.2. The van der Waals surface area contributed by atoms with Gasteiger partial charge in [0, 0.05) is 13.1 Å². The molecular formula is C17H21ClN4O. The Hall–Kier alpha value is -2.01. The van der Waals surface area contributed by atoms with Crippen molar-refractivity contribution in [1.82, 2.24) is 9.97 Å². The molecular weight excluding hydrogens is 312 g/mol. The Kier molecular flexibility index (Phi) is 4.86. The number of nitrogens with two attached hydrogens (primary N) is 1. The molecule has 3 rings (SSSR count). The molecule has 0 aliphatic carbocycles. The second-order valence-electron chi connectivity index (χ2n) is 5.84. The molecule has 1 aromatic carbocycles. The largest absolute Gasteiger partial charge is 0.496 e. The number of aromatic nitrogens is 2. The van der Waals surface area contributed by atoms with Crippen molar-refractivity contribution in [2.24, 2.45) is 5.92 Å². The van der Waals surface area contributed by atoms with Crippen LogP contribution in [-0.2, 0) is 6.42 Å². The van der Waals surface area contributed by atoms with Crippen LogP contribution in [0.2, 0.25) is 5.02 Å². The molecule has 2 N–H and O–H groups in total. The maximum Gasteiger partial charge on any atom is 0.153 e. The van der Waals surface area contributed by atoms with Crippen molar-refractivity contribution in [1.29, 1.82) is 0 Å². The predicted molar refractivity (Wildman–Crippen MR) is 93.1 cm³/mol. The van der Waals surface area contributed by atoms with Crippen LogP contribution in [0.5, 0.6) is 5.75 Å². The lowest BCUT2D eigenvalue weighted by Crippen LogP contribution is -2.35. The molecule has 1 aromatic heterocycles. The summed E-state index contributed by atoms with van der Waals surface area (Å²) in [6.45, 7) is 1.85. The fraction of sp³-hybridized carbons (Fsp3) is 0.412. The van der Waals surface area contributed by atoms with Gasteiger partial charge >= 0.3 is 0 Å². The molecule has 122 valence electrons. The van der Waals surface area contributed by atoms with Crippen molar-refractivity contribution in [3.05, 3.63) is 41.2 Å². The highest BCUT2D eigenvalue weighted by Gasteiger charge is 2.23. The number of nitrogen functional groups attached to an aromatic ring is 1. The molecule has 1 aliphatic rings. The number of para-hydroxylation sites is 1. The topological polar surface area (TPSA) is 64.3 Å². The van der Waals surface area contributed by atoms with Gasteiger partial charge in [-0.05, 0) is 36.8 Å². The number of hydrogen-bond donors (Lipinski definition) is 1. The van der Waals surface area contributed by atoms with E-state index in [4.69, 9.17) is 22.1 Å². The van der Waals surface area contributed by atoms with Crippen LogP contribution in [0, 0.1) is 5.92 Å². The molecule has 2 heterocycles. The van der Waals surface area contributed by atoms with E-state index >= 15 is 0 Å². The molecule has 6 heteroatoms. The van der Waals surface area contributed by atoms with Crippen LogP contribution in [0.1, 0.15) is 18.4 Å². The number of ether oxygens (including phenoxy) is 1. The van der Waals surface area contributed by atoms with E-state index in [0.717, 1.165) is 43.9 Å². The smallest absolute Gasteiger partial charge is 0.153 e. The summed E-state index contributed by atoms with van der Waals surface area (Å²) >= 11 is 6.22. The van der Waals surface area contributed by atoms with Gasteiger partial charge in [-0.2, -0.15) is 0 Å². The number of benzene rings is 1. The van der Waals surface area contributed by atoms with Gasteiger partial charge in [0.15, 0.2) is 5.82 Å². The summed E-state index contributed by atoms with van der Waals surface area (Å²) < 4.78 is 5.45. The zero-order valence-corrected chi connectivity index (χ0v) is 14.0. The van der Waals surface area contributed by atoms with Gasteiger partial charge in [-0.25, -0.2) is 9.97 Å². The summed E-state index contributed by atoms with van der Waals surface area (Å²) in [4.78, 5) is 10.4. The summed E-state index contributed by atoms with van der Waals surface area (Å²) in [5.74, 6) is 2.70. The van der Waals surface area contributed by atoms with E-state index < -0.39 is 0 Å². The standard InChI is InChI=1S/C17H21ClN4O/c1-23-14-5-3-2-4-13(14)10-12-6-8-22(9-7-12)17-15(18)16(19)20-11-21-17/h2-5,11-12H,6-10H2,1H3,(H2,19,20,21). The number of halogens is 1. The Labute approximate surface area is 141 Å². The molecule has 1 fully saturated rings. The van der Waals surface area contributed by atoms with Crippen molar-refractivity contribution >= 4 is 23.2 Å². The van der Waals surface area contributed by atoms with Crippen molar-refractivity contribution in [2.45, 2.75) is 19.3 Å². The van der Waals surface area contributed by atoms with Crippen LogP contribution in [0.4, 0.5) is 11.6 Å². The second kappa shape index (κ2) is 7.04. The molecule has 0 amide bonds. The van der Waals surface area contributed by atoms with E-state index in [1.165, 1.54) is 11.9 Å². The van der Waals surface area contributed by atoms with Gasteiger partial charge in [-0.3, -0.25) is 0 Å². The Bertz CT molecular complexity index is 671. The van der Waals surface area contributed by atoms with E-state index in [0.29, 0.717) is 16.8 Å². The number of piperidine rings is 1. The summed E-state index contributed by atoms with van der Waals surface area (Å²) in [5, 5.41) is 0.454. The lowest BCUT2D eigenvalue weighted by molar-refractivity contribution is 0.380. The number of methoxy groups -OCH3 is 1. The molecule has 0 unspecified atom stereocenters. The molecule has 1 aliphatic heterocycles. The Morgan fingerprint density at radius 1 is 1.26 bits per heavy atom. The van der Waals surface area contributed by atoms with Crippen molar-refractivity contribution in [3.63, 3.8) is 0 Å². The van der Waals surface area contributed by atoms with Gasteiger partial charge < -0.3 is 15.4 Å². The number of rotatable bonds is 4. The van der Waals surface area contributed by atoms with Crippen LogP contribution < -0.4 is 15.4 Å². The van der Waals surface area contributed by atoms with Crippen LogP contribution in [0.3, 0.4) is 0 Å². The Balaban J connectivity index is 1.63. The number of nitrogens with zero attached hydrogens (tertiary/aromatic N) is 3. The minimum atomic E-state index is 0.341. The monoisotopic (exact) mass is 332 g/mol. The van der Waals surface area contributed by atoms with E-state index in [1.807, 2.05) is 12.1 Å². The third kappa shape index (κ3) is 3.50. The molecule has 0 atom stereocenters. The minimum Gasteiger partial charge on any atom is -0.496 e. The van der Waals surface area contributed by atoms with Gasteiger partial charge in [0.2, 0.25) is 0 Å². The van der Waals surface area contributed by atoms with Crippen molar-refractivity contribution < 1.29 is 4.74 Å². The number of anilines is 2. The highest BCUT2D eigenvalue weighted by atomic mass is 35.5. The summed E-state index contributed by atoms with van der Waals surface area (Å²) in [6.07, 6.45) is 4.70. The molecule has 0 radical (unpaired) electrons. The lowest BCUT2D eigenvalue weighted by Gasteiger charge is -2.33. The fourth-order valence-electron chi connectivity index (χ4n) is 3.13. The quantitative estimate of drug-likeness (QED) is 0.931. The molecule has 1 saturated heterocycles. The first kappa shape index (κ1) is 15.9. The Morgan fingerprint density at radius 3 is 2.74 bits per heavy atom. The maximum atomic E-state index is 6.22. The van der Waals surface area contributed by atoms with Crippen LogP contribution in [-0.4, -0.2) is 30.2 Å². The normalized spacial score (nSPS) is 15.7. The zero-order chi connectivity index (χ0) is 16.2. The molecule has 0 spiro atoms. The van der Waals surface area contributed by atoms with Gasteiger partial charge in [-0.1, -0.05) is 29.8 Å². The molecule has 2 aromatic rings. The number of hydrogen-bond acceptors (Lipinski definition) is 5. The predicted octanol–water partition coefficient (Wildman–Crippen LogP) is 3.18.